The molecule has 2 rings (SSSR count). The number of hydrogen-bond donors (Lipinski definition) is 1. The molecule has 0 saturated heterocycles. The molecule has 0 aliphatic rings. The van der Waals surface area contributed by atoms with Gasteiger partial charge in [0, 0.05) is 12.5 Å². The SMILES string of the molecule is CC(C)NC(Cc1nc2ccccc2o1)C(F)(F)F. The summed E-state index contributed by atoms with van der Waals surface area (Å²) in [5.41, 5.74) is 1.07. The van der Waals surface area contributed by atoms with Crippen LogP contribution in [0.4, 0.5) is 13.2 Å². The molecule has 0 aliphatic carbocycles. The highest BCUT2D eigenvalue weighted by atomic mass is 19.4. The molecule has 0 spiro atoms. The Morgan fingerprint density at radius 1 is 1.26 bits per heavy atom. The standard InChI is InChI=1S/C13H15F3N2O/c1-8(2)17-11(13(14,15)16)7-12-18-9-5-3-4-6-10(9)19-12/h3-6,8,11,17H,7H2,1-2H3. The molecule has 2 aromatic rings. The maximum atomic E-state index is 12.9. The first kappa shape index (κ1) is 13.9. The fourth-order valence-corrected chi connectivity index (χ4v) is 1.85. The van der Waals surface area contributed by atoms with Crippen LogP contribution in [-0.4, -0.2) is 23.2 Å². The summed E-state index contributed by atoms with van der Waals surface area (Å²) < 4.78 is 44.0. The summed E-state index contributed by atoms with van der Waals surface area (Å²) in [6, 6.07) is 5.00. The average molecular weight is 272 g/mol. The maximum absolute atomic E-state index is 12.9. The summed E-state index contributed by atoms with van der Waals surface area (Å²) in [6.07, 6.45) is -4.64. The fourth-order valence-electron chi connectivity index (χ4n) is 1.85. The summed E-state index contributed by atoms with van der Waals surface area (Å²) in [7, 11) is 0. The van der Waals surface area contributed by atoms with Gasteiger partial charge in [0.05, 0.1) is 0 Å². The van der Waals surface area contributed by atoms with E-state index >= 15 is 0 Å². The topological polar surface area (TPSA) is 38.1 Å². The molecule has 0 fully saturated rings. The zero-order chi connectivity index (χ0) is 14.0. The number of aromatic nitrogens is 1. The number of benzene rings is 1. The molecule has 0 bridgehead atoms. The monoisotopic (exact) mass is 272 g/mol. The lowest BCUT2D eigenvalue weighted by molar-refractivity contribution is -0.157. The molecule has 1 unspecified atom stereocenters. The van der Waals surface area contributed by atoms with Crippen molar-refractivity contribution < 1.29 is 17.6 Å². The number of alkyl halides is 3. The third kappa shape index (κ3) is 3.47. The minimum Gasteiger partial charge on any atom is -0.441 e. The van der Waals surface area contributed by atoms with Gasteiger partial charge in [0.15, 0.2) is 11.5 Å². The summed E-state index contributed by atoms with van der Waals surface area (Å²) in [6.45, 7) is 3.34. The second kappa shape index (κ2) is 5.21. The van der Waals surface area contributed by atoms with Crippen LogP contribution >= 0.6 is 0 Å². The third-order valence-electron chi connectivity index (χ3n) is 2.65. The van der Waals surface area contributed by atoms with Crippen molar-refractivity contribution in [2.24, 2.45) is 0 Å². The molecule has 0 saturated carbocycles. The summed E-state index contributed by atoms with van der Waals surface area (Å²) >= 11 is 0. The van der Waals surface area contributed by atoms with Gasteiger partial charge in [-0.25, -0.2) is 4.98 Å². The first-order valence-corrected chi connectivity index (χ1v) is 6.03. The van der Waals surface area contributed by atoms with Crippen LogP contribution in [0.3, 0.4) is 0 Å². The molecular formula is C13H15F3N2O. The van der Waals surface area contributed by atoms with Gasteiger partial charge in [0.25, 0.3) is 0 Å². The highest BCUT2D eigenvalue weighted by Crippen LogP contribution is 2.25. The van der Waals surface area contributed by atoms with E-state index in [4.69, 9.17) is 4.42 Å². The Labute approximate surface area is 108 Å². The van der Waals surface area contributed by atoms with Gasteiger partial charge in [0.1, 0.15) is 11.6 Å². The molecule has 1 aromatic carbocycles. The van der Waals surface area contributed by atoms with Crippen LogP contribution in [0.2, 0.25) is 0 Å². The van der Waals surface area contributed by atoms with Gasteiger partial charge in [-0.1, -0.05) is 26.0 Å². The second-order valence-corrected chi connectivity index (χ2v) is 4.70. The van der Waals surface area contributed by atoms with E-state index in [-0.39, 0.29) is 18.4 Å². The van der Waals surface area contributed by atoms with E-state index in [1.54, 1.807) is 38.1 Å². The highest BCUT2D eigenvalue weighted by molar-refractivity contribution is 5.72. The number of para-hydroxylation sites is 2. The van der Waals surface area contributed by atoms with Gasteiger partial charge in [-0.15, -0.1) is 0 Å². The van der Waals surface area contributed by atoms with Crippen molar-refractivity contribution in [1.82, 2.24) is 10.3 Å². The van der Waals surface area contributed by atoms with Crippen molar-refractivity contribution in [3.8, 4) is 0 Å². The molecule has 1 atom stereocenters. The van der Waals surface area contributed by atoms with Gasteiger partial charge in [-0.2, -0.15) is 13.2 Å². The summed E-state index contributed by atoms with van der Waals surface area (Å²) in [5.74, 6) is 0.0941. The van der Waals surface area contributed by atoms with E-state index in [1.807, 2.05) is 0 Å². The Hall–Kier alpha value is -1.56. The van der Waals surface area contributed by atoms with Crippen molar-refractivity contribution in [3.05, 3.63) is 30.2 Å². The number of nitrogens with one attached hydrogen (secondary N) is 1. The van der Waals surface area contributed by atoms with Crippen LogP contribution in [0.1, 0.15) is 19.7 Å². The van der Waals surface area contributed by atoms with Crippen LogP contribution in [0.15, 0.2) is 28.7 Å². The number of oxazole rings is 1. The summed E-state index contributed by atoms with van der Waals surface area (Å²) in [5, 5.41) is 2.49. The minimum atomic E-state index is -4.33. The Morgan fingerprint density at radius 3 is 2.53 bits per heavy atom. The molecule has 0 radical (unpaired) electrons. The van der Waals surface area contributed by atoms with E-state index < -0.39 is 12.2 Å². The zero-order valence-electron chi connectivity index (χ0n) is 10.7. The normalized spacial score (nSPS) is 14.2. The predicted molar refractivity (Wildman–Crippen MR) is 65.8 cm³/mol. The average Bonchev–Trinajstić information content (AvgIpc) is 2.68. The van der Waals surface area contributed by atoms with E-state index in [0.717, 1.165) is 0 Å². The van der Waals surface area contributed by atoms with Crippen LogP contribution in [0.25, 0.3) is 11.1 Å². The van der Waals surface area contributed by atoms with Crippen LogP contribution in [-0.2, 0) is 6.42 Å². The molecule has 0 amide bonds. The molecule has 104 valence electrons. The van der Waals surface area contributed by atoms with Gasteiger partial charge in [-0.05, 0) is 12.1 Å². The molecule has 6 heteroatoms. The van der Waals surface area contributed by atoms with E-state index in [2.05, 4.69) is 10.3 Å². The van der Waals surface area contributed by atoms with Crippen molar-refractivity contribution in [1.29, 1.82) is 0 Å². The molecule has 0 aliphatic heterocycles. The fraction of sp³-hybridized carbons (Fsp3) is 0.462. The molecular weight excluding hydrogens is 257 g/mol. The first-order valence-electron chi connectivity index (χ1n) is 6.03. The number of hydrogen-bond acceptors (Lipinski definition) is 3. The Kier molecular flexibility index (Phi) is 3.80. The molecule has 1 N–H and O–H groups in total. The molecule has 1 aromatic heterocycles. The zero-order valence-corrected chi connectivity index (χ0v) is 10.7. The number of fused-ring (bicyclic) bond motifs is 1. The smallest absolute Gasteiger partial charge is 0.404 e. The Balaban J connectivity index is 2.20. The van der Waals surface area contributed by atoms with Crippen LogP contribution < -0.4 is 5.32 Å². The largest absolute Gasteiger partial charge is 0.441 e. The lowest BCUT2D eigenvalue weighted by Gasteiger charge is -2.22. The molecule has 1 heterocycles. The van der Waals surface area contributed by atoms with Gasteiger partial charge >= 0.3 is 6.18 Å². The van der Waals surface area contributed by atoms with E-state index in [9.17, 15) is 13.2 Å². The van der Waals surface area contributed by atoms with E-state index in [0.29, 0.717) is 11.1 Å². The lowest BCUT2D eigenvalue weighted by atomic mass is 10.1. The lowest BCUT2D eigenvalue weighted by Crippen LogP contribution is -2.47. The van der Waals surface area contributed by atoms with Crippen molar-refractivity contribution >= 4 is 11.1 Å². The van der Waals surface area contributed by atoms with Gasteiger partial charge in [-0.3, -0.25) is 0 Å². The quantitative estimate of drug-likeness (QED) is 0.928. The number of halogens is 3. The maximum Gasteiger partial charge on any atom is 0.404 e. The number of rotatable bonds is 4. The van der Waals surface area contributed by atoms with Crippen LogP contribution in [0, 0.1) is 0 Å². The molecule has 3 nitrogen and oxygen atoms in total. The highest BCUT2D eigenvalue weighted by Gasteiger charge is 2.40. The second-order valence-electron chi connectivity index (χ2n) is 4.70. The van der Waals surface area contributed by atoms with Crippen molar-refractivity contribution in [3.63, 3.8) is 0 Å². The van der Waals surface area contributed by atoms with Gasteiger partial charge in [0.2, 0.25) is 0 Å². The van der Waals surface area contributed by atoms with Crippen molar-refractivity contribution in [2.75, 3.05) is 0 Å². The van der Waals surface area contributed by atoms with Crippen LogP contribution in [0.5, 0.6) is 0 Å². The van der Waals surface area contributed by atoms with Gasteiger partial charge < -0.3 is 9.73 Å². The number of nitrogens with zero attached hydrogens (tertiary/aromatic N) is 1. The van der Waals surface area contributed by atoms with Crippen molar-refractivity contribution in [2.45, 2.75) is 38.5 Å². The minimum absolute atomic E-state index is 0.0941. The predicted octanol–water partition coefficient (Wildman–Crippen LogP) is 3.30. The Morgan fingerprint density at radius 2 is 1.95 bits per heavy atom. The first-order chi connectivity index (χ1) is 8.86. The summed E-state index contributed by atoms with van der Waals surface area (Å²) in [4.78, 5) is 4.07. The third-order valence-corrected chi connectivity index (χ3v) is 2.65. The molecule has 19 heavy (non-hydrogen) atoms. The Bertz CT molecular complexity index is 515. The van der Waals surface area contributed by atoms with E-state index in [1.165, 1.54) is 0 Å².